The van der Waals surface area contributed by atoms with Gasteiger partial charge in [0.25, 0.3) is 5.91 Å². The lowest BCUT2D eigenvalue weighted by molar-refractivity contribution is -0.119. The molecule has 1 aromatic heterocycles. The molecule has 0 saturated carbocycles. The van der Waals surface area contributed by atoms with Crippen LogP contribution in [0, 0.1) is 0 Å². The monoisotopic (exact) mass is 287 g/mol. The first kappa shape index (κ1) is 14.1. The van der Waals surface area contributed by atoms with Crippen LogP contribution in [-0.2, 0) is 4.79 Å². The smallest absolute Gasteiger partial charge is 0.269 e. The molecule has 2 rings (SSSR count). The van der Waals surface area contributed by atoms with Crippen LogP contribution in [0.5, 0.6) is 0 Å². The molecule has 102 valence electrons. The number of nitrogens with one attached hydrogen (secondary N) is 2. The van der Waals surface area contributed by atoms with Gasteiger partial charge in [-0.2, -0.15) is 0 Å². The normalized spacial score (nSPS) is 9.80. The Morgan fingerprint density at radius 3 is 2.45 bits per heavy atom. The van der Waals surface area contributed by atoms with Crippen molar-refractivity contribution in [2.24, 2.45) is 0 Å². The number of hydrogen-bond acceptors (Lipinski definition) is 4. The molecule has 5 nitrogen and oxygen atoms in total. The van der Waals surface area contributed by atoms with Crippen LogP contribution < -0.4 is 10.9 Å². The van der Waals surface area contributed by atoms with Crippen molar-refractivity contribution in [1.29, 1.82) is 0 Å². The van der Waals surface area contributed by atoms with Crippen molar-refractivity contribution < 1.29 is 9.59 Å². The topological polar surface area (TPSA) is 71.1 Å². The molecule has 0 unspecified atom stereocenters. The van der Waals surface area contributed by atoms with Crippen LogP contribution in [0.2, 0.25) is 0 Å². The number of benzene rings is 1. The summed E-state index contributed by atoms with van der Waals surface area (Å²) in [6.45, 7) is 0. The number of pyridine rings is 1. The molecule has 2 N–H and O–H groups in total. The van der Waals surface area contributed by atoms with Gasteiger partial charge in [-0.1, -0.05) is 36.0 Å². The fourth-order valence-electron chi connectivity index (χ4n) is 1.40. The van der Waals surface area contributed by atoms with Crippen molar-refractivity contribution in [2.75, 3.05) is 5.75 Å². The first-order valence-electron chi connectivity index (χ1n) is 5.94. The first-order valence-corrected chi connectivity index (χ1v) is 6.92. The Bertz CT molecular complexity index is 575. The third kappa shape index (κ3) is 4.40. The predicted octanol–water partition coefficient (Wildman–Crippen LogP) is 1.63. The van der Waals surface area contributed by atoms with Crippen LogP contribution in [0.1, 0.15) is 10.4 Å². The second kappa shape index (κ2) is 7.30. The van der Waals surface area contributed by atoms with E-state index in [1.807, 2.05) is 24.3 Å². The van der Waals surface area contributed by atoms with Crippen LogP contribution in [0.3, 0.4) is 0 Å². The van der Waals surface area contributed by atoms with Gasteiger partial charge < -0.3 is 0 Å². The molecule has 1 heterocycles. The second-order valence-electron chi connectivity index (χ2n) is 3.82. The van der Waals surface area contributed by atoms with Gasteiger partial charge in [0, 0.05) is 11.8 Å². The van der Waals surface area contributed by atoms with Crippen molar-refractivity contribution in [3.63, 3.8) is 0 Å². The largest absolute Gasteiger partial charge is 0.272 e. The number of carbonyl (C=O) groups excluding carboxylic acids is 2. The fourth-order valence-corrected chi connectivity index (χ4v) is 2.06. The van der Waals surface area contributed by atoms with Crippen molar-refractivity contribution in [1.82, 2.24) is 15.8 Å². The number of amides is 2. The highest BCUT2D eigenvalue weighted by atomic mass is 32.2. The summed E-state index contributed by atoms with van der Waals surface area (Å²) in [6.07, 6.45) is 1.66. The number of thioether (sulfide) groups is 1. The summed E-state index contributed by atoms with van der Waals surface area (Å²) in [5.41, 5.74) is 5.22. The van der Waals surface area contributed by atoms with Crippen LogP contribution in [0.25, 0.3) is 0 Å². The quantitative estimate of drug-likeness (QED) is 0.662. The van der Waals surface area contributed by atoms with Gasteiger partial charge in [0.05, 0.1) is 10.8 Å². The van der Waals surface area contributed by atoms with Gasteiger partial charge in [0.1, 0.15) is 0 Å². The molecule has 0 aliphatic heterocycles. The van der Waals surface area contributed by atoms with Gasteiger partial charge >= 0.3 is 0 Å². The van der Waals surface area contributed by atoms with E-state index < -0.39 is 0 Å². The van der Waals surface area contributed by atoms with Crippen molar-refractivity contribution >= 4 is 23.6 Å². The third-order valence-electron chi connectivity index (χ3n) is 2.34. The van der Waals surface area contributed by atoms with E-state index >= 15 is 0 Å². The van der Waals surface area contributed by atoms with Crippen LogP contribution >= 0.6 is 11.8 Å². The zero-order valence-electron chi connectivity index (χ0n) is 10.6. The van der Waals surface area contributed by atoms with Gasteiger partial charge in [0.2, 0.25) is 5.91 Å². The van der Waals surface area contributed by atoms with E-state index in [1.165, 1.54) is 11.8 Å². The lowest BCUT2D eigenvalue weighted by atomic mass is 10.2. The SMILES string of the molecule is O=C(CSc1ccccn1)NNC(=O)c1ccccc1. The lowest BCUT2D eigenvalue weighted by Gasteiger charge is -2.06. The maximum Gasteiger partial charge on any atom is 0.269 e. The molecule has 2 amide bonds. The predicted molar refractivity (Wildman–Crippen MR) is 77.0 cm³/mol. The number of nitrogens with zero attached hydrogens (tertiary/aromatic N) is 1. The van der Waals surface area contributed by atoms with Gasteiger partial charge in [-0.3, -0.25) is 20.4 Å². The zero-order valence-corrected chi connectivity index (χ0v) is 11.4. The van der Waals surface area contributed by atoms with E-state index in [0.29, 0.717) is 5.56 Å². The highest BCUT2D eigenvalue weighted by Crippen LogP contribution is 2.12. The minimum absolute atomic E-state index is 0.187. The van der Waals surface area contributed by atoms with E-state index in [9.17, 15) is 9.59 Å². The summed E-state index contributed by atoms with van der Waals surface area (Å²) in [5, 5.41) is 0.761. The molecule has 0 aliphatic rings. The fraction of sp³-hybridized carbons (Fsp3) is 0.0714. The molecule has 0 bridgehead atoms. The molecule has 0 radical (unpaired) electrons. The van der Waals surface area contributed by atoms with E-state index in [1.54, 1.807) is 30.5 Å². The summed E-state index contributed by atoms with van der Waals surface area (Å²) < 4.78 is 0. The Kier molecular flexibility index (Phi) is 5.14. The molecular weight excluding hydrogens is 274 g/mol. The zero-order chi connectivity index (χ0) is 14.2. The molecule has 6 heteroatoms. The number of aromatic nitrogens is 1. The molecular formula is C14H13N3O2S. The molecule has 0 saturated heterocycles. The van der Waals surface area contributed by atoms with Crippen molar-refractivity contribution in [2.45, 2.75) is 5.03 Å². The van der Waals surface area contributed by atoms with Crippen molar-refractivity contribution in [3.05, 3.63) is 60.3 Å². The Labute approximate surface area is 120 Å². The summed E-state index contributed by atoms with van der Waals surface area (Å²) in [7, 11) is 0. The summed E-state index contributed by atoms with van der Waals surface area (Å²) in [4.78, 5) is 27.3. The van der Waals surface area contributed by atoms with Crippen molar-refractivity contribution in [3.8, 4) is 0 Å². The van der Waals surface area contributed by atoms with E-state index in [2.05, 4.69) is 15.8 Å². The summed E-state index contributed by atoms with van der Waals surface area (Å²) >= 11 is 1.30. The number of rotatable bonds is 4. The standard InChI is InChI=1S/C14H13N3O2S/c18-12(10-20-13-8-4-5-9-15-13)16-17-14(19)11-6-2-1-3-7-11/h1-9H,10H2,(H,16,18)(H,17,19). The maximum atomic E-state index is 11.7. The average Bonchev–Trinajstić information content (AvgIpc) is 2.52. The molecule has 1 aromatic carbocycles. The summed E-state index contributed by atoms with van der Waals surface area (Å²) in [6, 6.07) is 14.2. The molecule has 0 atom stereocenters. The van der Waals surface area contributed by atoms with Gasteiger partial charge in [-0.15, -0.1) is 0 Å². The Balaban J connectivity index is 1.74. The minimum Gasteiger partial charge on any atom is -0.272 e. The maximum absolute atomic E-state index is 11.7. The van der Waals surface area contributed by atoms with E-state index in [4.69, 9.17) is 0 Å². The number of hydrogen-bond donors (Lipinski definition) is 2. The first-order chi connectivity index (χ1) is 9.75. The molecule has 20 heavy (non-hydrogen) atoms. The Hall–Kier alpha value is -2.34. The highest BCUT2D eigenvalue weighted by molar-refractivity contribution is 7.99. The van der Waals surface area contributed by atoms with Crippen LogP contribution in [0.4, 0.5) is 0 Å². The second-order valence-corrected chi connectivity index (χ2v) is 4.82. The van der Waals surface area contributed by atoms with Gasteiger partial charge in [0.15, 0.2) is 0 Å². The van der Waals surface area contributed by atoms with Crippen LogP contribution in [0.15, 0.2) is 59.8 Å². The molecule has 0 aliphatic carbocycles. The minimum atomic E-state index is -0.346. The number of carbonyl (C=O) groups is 2. The molecule has 2 aromatic rings. The van der Waals surface area contributed by atoms with Gasteiger partial charge in [-0.25, -0.2) is 4.98 Å². The van der Waals surface area contributed by atoms with E-state index in [0.717, 1.165) is 5.03 Å². The Morgan fingerprint density at radius 1 is 1.00 bits per heavy atom. The van der Waals surface area contributed by atoms with Crippen LogP contribution in [-0.4, -0.2) is 22.6 Å². The Morgan fingerprint density at radius 2 is 1.75 bits per heavy atom. The van der Waals surface area contributed by atoms with E-state index in [-0.39, 0.29) is 17.6 Å². The molecule has 0 fully saturated rings. The lowest BCUT2D eigenvalue weighted by Crippen LogP contribution is -2.42. The third-order valence-corrected chi connectivity index (χ3v) is 3.28. The number of hydrazine groups is 1. The highest BCUT2D eigenvalue weighted by Gasteiger charge is 2.07. The summed E-state index contributed by atoms with van der Waals surface area (Å²) in [5.74, 6) is -0.446. The molecule has 0 spiro atoms. The van der Waals surface area contributed by atoms with Gasteiger partial charge in [-0.05, 0) is 24.3 Å². The average molecular weight is 287 g/mol.